The van der Waals surface area contributed by atoms with Gasteiger partial charge in [-0.15, -0.1) is 23.1 Å². The highest BCUT2D eigenvalue weighted by Crippen LogP contribution is 2.26. The van der Waals surface area contributed by atoms with Crippen LogP contribution in [0.4, 0.5) is 5.82 Å². The van der Waals surface area contributed by atoms with E-state index in [-0.39, 0.29) is 16.7 Å². The average Bonchev–Trinajstić information content (AvgIpc) is 3.16. The molecule has 29 heavy (non-hydrogen) atoms. The number of fused-ring (bicyclic) bond motifs is 1. The lowest BCUT2D eigenvalue weighted by atomic mass is 10.2. The Morgan fingerprint density at radius 3 is 2.93 bits per heavy atom. The van der Waals surface area contributed by atoms with Crippen LogP contribution >= 0.6 is 23.1 Å². The fourth-order valence-corrected chi connectivity index (χ4v) is 4.65. The monoisotopic (exact) mass is 430 g/mol. The number of nitrogens with one attached hydrogen (secondary N) is 2. The predicted octanol–water partition coefficient (Wildman–Crippen LogP) is 3.28. The summed E-state index contributed by atoms with van der Waals surface area (Å²) in [4.78, 5) is 34.1. The Kier molecular flexibility index (Phi) is 6.39. The number of aromatic amines is 1. The van der Waals surface area contributed by atoms with Crippen LogP contribution in [0.1, 0.15) is 35.3 Å². The molecule has 0 aliphatic carbocycles. The molecule has 3 rings (SSSR count). The van der Waals surface area contributed by atoms with E-state index >= 15 is 0 Å². The molecule has 0 radical (unpaired) electrons. The zero-order valence-electron chi connectivity index (χ0n) is 16.7. The number of rotatable bonds is 7. The number of thioether (sulfide) groups is 1. The molecule has 0 saturated heterocycles. The molecule has 0 spiro atoms. The Morgan fingerprint density at radius 2 is 2.21 bits per heavy atom. The molecular formula is C19H22N6O2S2. The highest BCUT2D eigenvalue weighted by atomic mass is 32.2. The molecule has 3 aromatic rings. The van der Waals surface area contributed by atoms with Gasteiger partial charge in [-0.25, -0.2) is 9.67 Å². The van der Waals surface area contributed by atoms with Crippen molar-refractivity contribution in [1.82, 2.24) is 19.7 Å². The molecule has 3 aromatic heterocycles. The number of carbonyl (C=O) groups is 1. The van der Waals surface area contributed by atoms with Crippen LogP contribution in [0.25, 0.3) is 10.2 Å². The lowest BCUT2D eigenvalue weighted by molar-refractivity contribution is -0.115. The molecule has 0 bridgehead atoms. The van der Waals surface area contributed by atoms with Crippen LogP contribution in [0, 0.1) is 32.1 Å². The Morgan fingerprint density at radius 1 is 1.45 bits per heavy atom. The first kappa shape index (κ1) is 21.1. The summed E-state index contributed by atoms with van der Waals surface area (Å²) in [6.07, 6.45) is 0.317. The van der Waals surface area contributed by atoms with E-state index in [0.717, 1.165) is 21.0 Å². The Hall–Kier alpha value is -2.64. The second-order valence-corrected chi connectivity index (χ2v) is 9.25. The summed E-state index contributed by atoms with van der Waals surface area (Å²) < 4.78 is 1.63. The summed E-state index contributed by atoms with van der Waals surface area (Å²) in [7, 11) is 0. The van der Waals surface area contributed by atoms with E-state index in [1.54, 1.807) is 17.7 Å². The lowest BCUT2D eigenvalue weighted by Gasteiger charge is -2.12. The summed E-state index contributed by atoms with van der Waals surface area (Å²) >= 11 is 2.90. The highest BCUT2D eigenvalue weighted by Gasteiger charge is 2.18. The quantitative estimate of drug-likeness (QED) is 0.594. The molecule has 1 atom stereocenters. The standard InChI is InChI=1S/C19H22N6O2S2/c1-10-8-15(25(24-10)7-5-6-20)23-17(26)13(4)28-9-14-21-18(27)16-11(2)12(3)29-19(16)22-14/h8,13H,5,7,9H2,1-4H3,(H,23,26)(H,21,22,27). The topological polar surface area (TPSA) is 116 Å². The maximum atomic E-state index is 12.6. The largest absolute Gasteiger partial charge is 0.310 e. The van der Waals surface area contributed by atoms with Gasteiger partial charge in [-0.2, -0.15) is 10.4 Å². The van der Waals surface area contributed by atoms with Gasteiger partial charge in [0, 0.05) is 10.9 Å². The SMILES string of the molecule is Cc1cc(NC(=O)C(C)SCc2nc3sc(C)c(C)c3c(=O)[nH]2)n(CCC#N)n1. The number of aromatic nitrogens is 4. The first-order chi connectivity index (χ1) is 13.8. The van der Waals surface area contributed by atoms with E-state index in [9.17, 15) is 9.59 Å². The normalized spacial score (nSPS) is 12.1. The van der Waals surface area contributed by atoms with Gasteiger partial charge >= 0.3 is 0 Å². The van der Waals surface area contributed by atoms with Gasteiger partial charge in [0.05, 0.1) is 41.1 Å². The van der Waals surface area contributed by atoms with E-state index in [1.807, 2.05) is 20.8 Å². The highest BCUT2D eigenvalue weighted by molar-refractivity contribution is 7.99. The number of nitrogens with zero attached hydrogens (tertiary/aromatic N) is 4. The molecule has 3 heterocycles. The smallest absolute Gasteiger partial charge is 0.259 e. The van der Waals surface area contributed by atoms with E-state index in [2.05, 4.69) is 26.5 Å². The van der Waals surface area contributed by atoms with Crippen molar-refractivity contribution in [3.63, 3.8) is 0 Å². The lowest BCUT2D eigenvalue weighted by Crippen LogP contribution is -2.24. The van der Waals surface area contributed by atoms with Gasteiger partial charge in [-0.3, -0.25) is 9.59 Å². The number of anilines is 1. The molecule has 1 amide bonds. The van der Waals surface area contributed by atoms with Gasteiger partial charge in [0.1, 0.15) is 16.5 Å². The molecule has 0 saturated carbocycles. The van der Waals surface area contributed by atoms with E-state index in [4.69, 9.17) is 5.26 Å². The van der Waals surface area contributed by atoms with Crippen LogP contribution in [-0.2, 0) is 17.1 Å². The third-order valence-corrected chi connectivity index (χ3v) is 6.77. The first-order valence-corrected chi connectivity index (χ1v) is 11.0. The zero-order valence-corrected chi connectivity index (χ0v) is 18.3. The van der Waals surface area contributed by atoms with Crippen molar-refractivity contribution >= 4 is 45.0 Å². The molecule has 0 aromatic carbocycles. The van der Waals surface area contributed by atoms with Crippen LogP contribution < -0.4 is 10.9 Å². The van der Waals surface area contributed by atoms with Gasteiger partial charge in [-0.05, 0) is 33.3 Å². The molecular weight excluding hydrogens is 408 g/mol. The zero-order chi connectivity index (χ0) is 21.1. The summed E-state index contributed by atoms with van der Waals surface area (Å²) in [6, 6.07) is 3.86. The van der Waals surface area contributed by atoms with Crippen molar-refractivity contribution in [2.45, 2.75) is 51.7 Å². The maximum absolute atomic E-state index is 12.6. The number of carbonyl (C=O) groups excluding carboxylic acids is 1. The number of thiophene rings is 1. The van der Waals surface area contributed by atoms with Gasteiger partial charge in [0.15, 0.2) is 0 Å². The predicted molar refractivity (Wildman–Crippen MR) is 116 cm³/mol. The number of H-pyrrole nitrogens is 1. The molecule has 10 heteroatoms. The number of hydrogen-bond acceptors (Lipinski definition) is 7. The van der Waals surface area contributed by atoms with Crippen LogP contribution in [0.5, 0.6) is 0 Å². The van der Waals surface area contributed by atoms with Crippen LogP contribution in [-0.4, -0.2) is 30.9 Å². The van der Waals surface area contributed by atoms with Crippen LogP contribution in [0.15, 0.2) is 10.9 Å². The van der Waals surface area contributed by atoms with Crippen molar-refractivity contribution in [2.75, 3.05) is 5.32 Å². The molecule has 1 unspecified atom stereocenters. The fraction of sp³-hybridized carbons (Fsp3) is 0.421. The molecule has 152 valence electrons. The third-order valence-electron chi connectivity index (χ3n) is 4.52. The summed E-state index contributed by atoms with van der Waals surface area (Å²) in [5.74, 6) is 1.39. The molecule has 0 aliphatic heterocycles. The number of nitriles is 1. The average molecular weight is 431 g/mol. The molecule has 8 nitrogen and oxygen atoms in total. The summed E-state index contributed by atoms with van der Waals surface area (Å²) in [6.45, 7) is 7.97. The second-order valence-electron chi connectivity index (χ2n) is 6.72. The van der Waals surface area contributed by atoms with Gasteiger partial charge in [-0.1, -0.05) is 0 Å². The molecule has 2 N–H and O–H groups in total. The van der Waals surface area contributed by atoms with Crippen LogP contribution in [0.2, 0.25) is 0 Å². The van der Waals surface area contributed by atoms with Crippen molar-refractivity contribution in [1.29, 1.82) is 5.26 Å². The second kappa shape index (κ2) is 8.80. The van der Waals surface area contributed by atoms with E-state index in [0.29, 0.717) is 35.7 Å². The van der Waals surface area contributed by atoms with Crippen molar-refractivity contribution in [3.8, 4) is 6.07 Å². The Balaban J connectivity index is 1.66. The van der Waals surface area contributed by atoms with Gasteiger partial charge in [0.25, 0.3) is 5.56 Å². The maximum Gasteiger partial charge on any atom is 0.259 e. The minimum atomic E-state index is -0.359. The fourth-order valence-electron chi connectivity index (χ4n) is 2.85. The van der Waals surface area contributed by atoms with Crippen molar-refractivity contribution in [3.05, 3.63) is 38.4 Å². The van der Waals surface area contributed by atoms with Crippen molar-refractivity contribution in [2.24, 2.45) is 0 Å². The van der Waals surface area contributed by atoms with E-state index in [1.165, 1.54) is 23.1 Å². The Bertz CT molecular complexity index is 1150. The van der Waals surface area contributed by atoms with Crippen LogP contribution in [0.3, 0.4) is 0 Å². The Labute approximate surface area is 176 Å². The molecule has 0 aliphatic rings. The minimum absolute atomic E-state index is 0.138. The van der Waals surface area contributed by atoms with E-state index < -0.39 is 0 Å². The van der Waals surface area contributed by atoms with Gasteiger partial charge < -0.3 is 10.3 Å². The minimum Gasteiger partial charge on any atom is -0.310 e. The third kappa shape index (κ3) is 4.68. The first-order valence-electron chi connectivity index (χ1n) is 9.13. The number of aryl methyl sites for hydroxylation is 4. The number of amides is 1. The van der Waals surface area contributed by atoms with Crippen molar-refractivity contribution < 1.29 is 4.79 Å². The number of hydrogen-bond donors (Lipinski definition) is 2. The molecule has 0 fully saturated rings. The summed E-state index contributed by atoms with van der Waals surface area (Å²) in [5.41, 5.74) is 1.60. The summed E-state index contributed by atoms with van der Waals surface area (Å²) in [5, 5.41) is 16.2. The van der Waals surface area contributed by atoms with Gasteiger partial charge in [0.2, 0.25) is 5.91 Å².